The predicted octanol–water partition coefficient (Wildman–Crippen LogP) is -1.91. The molecule has 2 rings (SSSR count). The molecule has 2 saturated heterocycles. The number of likely N-dealkylation sites (tertiary alicyclic amines) is 1. The number of amides is 1. The zero-order valence-corrected chi connectivity index (χ0v) is 8.95. The number of hydrogen-bond acceptors (Lipinski definition) is 5. The summed E-state index contributed by atoms with van der Waals surface area (Å²) >= 11 is 0. The first-order valence-corrected chi connectivity index (χ1v) is 5.53. The minimum Gasteiger partial charge on any atom is -0.394 e. The molecule has 2 fully saturated rings. The third-order valence-electron chi connectivity index (χ3n) is 3.30. The Balaban J connectivity index is 2.04. The molecule has 0 spiro atoms. The van der Waals surface area contributed by atoms with Crippen LogP contribution >= 0.6 is 0 Å². The maximum absolute atomic E-state index is 11.5. The number of aliphatic hydroxyl groups excluding tert-OH is 3. The van der Waals surface area contributed by atoms with E-state index in [-0.39, 0.29) is 19.1 Å². The fraction of sp³-hybridized carbons (Fsp3) is 0.900. The van der Waals surface area contributed by atoms with Crippen LogP contribution in [0.5, 0.6) is 0 Å². The lowest BCUT2D eigenvalue weighted by Gasteiger charge is -2.40. The molecule has 92 valence electrons. The number of nitrogens with zero attached hydrogens (tertiary/aromatic N) is 1. The lowest BCUT2D eigenvalue weighted by atomic mass is 9.97. The van der Waals surface area contributed by atoms with Crippen molar-refractivity contribution in [3.8, 4) is 0 Å². The topological polar surface area (TPSA) is 90.2 Å². The molecule has 0 aromatic rings. The van der Waals surface area contributed by atoms with Crippen LogP contribution in [0.25, 0.3) is 0 Å². The second-order valence-electron chi connectivity index (χ2n) is 4.29. The summed E-state index contributed by atoms with van der Waals surface area (Å²) < 4.78 is 5.23. The molecule has 3 N–H and O–H groups in total. The molecule has 1 unspecified atom stereocenters. The average molecular weight is 231 g/mol. The zero-order chi connectivity index (χ0) is 11.7. The summed E-state index contributed by atoms with van der Waals surface area (Å²) in [5.74, 6) is -0.0118. The van der Waals surface area contributed by atoms with Gasteiger partial charge in [0.15, 0.2) is 0 Å². The second-order valence-corrected chi connectivity index (χ2v) is 4.29. The Hall–Kier alpha value is -0.690. The van der Waals surface area contributed by atoms with E-state index in [0.29, 0.717) is 13.0 Å². The van der Waals surface area contributed by atoms with Gasteiger partial charge in [-0.25, -0.2) is 0 Å². The number of aliphatic hydroxyl groups is 3. The molecule has 6 nitrogen and oxygen atoms in total. The van der Waals surface area contributed by atoms with Crippen LogP contribution in [0.4, 0.5) is 0 Å². The van der Waals surface area contributed by atoms with E-state index in [4.69, 9.17) is 9.84 Å². The number of hydrogen-bond donors (Lipinski definition) is 3. The summed E-state index contributed by atoms with van der Waals surface area (Å²) in [6.07, 6.45) is -1.68. The van der Waals surface area contributed by atoms with Crippen molar-refractivity contribution in [1.29, 1.82) is 0 Å². The van der Waals surface area contributed by atoms with Crippen molar-refractivity contribution >= 4 is 5.91 Å². The molecule has 0 aliphatic carbocycles. The quantitative estimate of drug-likeness (QED) is 0.516. The van der Waals surface area contributed by atoms with Gasteiger partial charge in [-0.2, -0.15) is 0 Å². The van der Waals surface area contributed by atoms with Gasteiger partial charge in [0.25, 0.3) is 0 Å². The Bertz CT molecular complexity index is 272. The SMILES string of the molecule is O=C1CCCN1C1CO[C@H](CO)[C@H](O)[C@@H]1O. The molecule has 1 amide bonds. The summed E-state index contributed by atoms with van der Waals surface area (Å²) in [6, 6.07) is -0.493. The normalized spacial score (nSPS) is 40.4. The fourth-order valence-electron chi connectivity index (χ4n) is 2.32. The summed E-state index contributed by atoms with van der Waals surface area (Å²) in [7, 11) is 0. The molecule has 16 heavy (non-hydrogen) atoms. The highest BCUT2D eigenvalue weighted by molar-refractivity contribution is 5.78. The van der Waals surface area contributed by atoms with Crippen molar-refractivity contribution in [2.75, 3.05) is 19.8 Å². The minimum absolute atomic E-state index is 0.0118. The van der Waals surface area contributed by atoms with Gasteiger partial charge < -0.3 is 25.0 Å². The van der Waals surface area contributed by atoms with Crippen molar-refractivity contribution in [1.82, 2.24) is 4.90 Å². The van der Waals surface area contributed by atoms with Gasteiger partial charge in [0.05, 0.1) is 19.3 Å². The first-order chi connectivity index (χ1) is 7.65. The van der Waals surface area contributed by atoms with E-state index in [0.717, 1.165) is 6.42 Å². The highest BCUT2D eigenvalue weighted by Gasteiger charge is 2.43. The van der Waals surface area contributed by atoms with Crippen molar-refractivity contribution in [3.63, 3.8) is 0 Å². The molecular weight excluding hydrogens is 214 g/mol. The Morgan fingerprint density at radius 1 is 1.38 bits per heavy atom. The third kappa shape index (κ3) is 1.93. The van der Waals surface area contributed by atoms with Gasteiger partial charge in [-0.05, 0) is 6.42 Å². The summed E-state index contributed by atoms with van der Waals surface area (Å²) in [4.78, 5) is 13.1. The van der Waals surface area contributed by atoms with Crippen LogP contribution < -0.4 is 0 Å². The van der Waals surface area contributed by atoms with Crippen LogP contribution in [0, 0.1) is 0 Å². The van der Waals surface area contributed by atoms with E-state index in [1.807, 2.05) is 0 Å². The van der Waals surface area contributed by atoms with Gasteiger partial charge >= 0.3 is 0 Å². The smallest absolute Gasteiger partial charge is 0.223 e. The van der Waals surface area contributed by atoms with Crippen molar-refractivity contribution in [2.45, 2.75) is 37.2 Å². The first-order valence-electron chi connectivity index (χ1n) is 5.53. The van der Waals surface area contributed by atoms with Crippen LogP contribution in [0.3, 0.4) is 0 Å². The zero-order valence-electron chi connectivity index (χ0n) is 8.95. The Labute approximate surface area is 93.4 Å². The third-order valence-corrected chi connectivity index (χ3v) is 3.30. The summed E-state index contributed by atoms with van der Waals surface area (Å²) in [5.41, 5.74) is 0. The van der Waals surface area contributed by atoms with Gasteiger partial charge in [0.2, 0.25) is 5.91 Å². The molecular formula is C10H17NO5. The maximum atomic E-state index is 11.5. The second kappa shape index (κ2) is 4.67. The van der Waals surface area contributed by atoms with E-state index in [1.54, 1.807) is 4.90 Å². The summed E-state index contributed by atoms with van der Waals surface area (Å²) in [6.45, 7) is 0.425. The van der Waals surface area contributed by atoms with E-state index < -0.39 is 24.4 Å². The van der Waals surface area contributed by atoms with Crippen LogP contribution in [0.1, 0.15) is 12.8 Å². The lowest BCUT2D eigenvalue weighted by Crippen LogP contribution is -2.60. The fourth-order valence-corrected chi connectivity index (χ4v) is 2.32. The molecule has 0 aromatic heterocycles. The number of carbonyl (C=O) groups is 1. The standard InChI is InChI=1S/C10H17NO5/c12-4-7-10(15)9(14)6(5-16-7)11-3-1-2-8(11)13/h6-7,9-10,12,14-15H,1-5H2/t6?,7-,9-,10+/m1/s1. The molecule has 0 radical (unpaired) electrons. The van der Waals surface area contributed by atoms with Crippen molar-refractivity contribution in [3.05, 3.63) is 0 Å². The van der Waals surface area contributed by atoms with Gasteiger partial charge in [0.1, 0.15) is 18.3 Å². The van der Waals surface area contributed by atoms with Crippen LogP contribution in [0.2, 0.25) is 0 Å². The Morgan fingerprint density at radius 3 is 2.69 bits per heavy atom. The van der Waals surface area contributed by atoms with E-state index in [2.05, 4.69) is 0 Å². The monoisotopic (exact) mass is 231 g/mol. The van der Waals surface area contributed by atoms with E-state index in [1.165, 1.54) is 0 Å². The number of ether oxygens (including phenoxy) is 1. The van der Waals surface area contributed by atoms with Gasteiger partial charge in [-0.15, -0.1) is 0 Å². The maximum Gasteiger partial charge on any atom is 0.223 e. The molecule has 2 aliphatic rings. The Morgan fingerprint density at radius 2 is 2.12 bits per heavy atom. The number of carbonyl (C=O) groups excluding carboxylic acids is 1. The molecule has 4 atom stereocenters. The molecule has 0 bridgehead atoms. The van der Waals surface area contributed by atoms with Gasteiger partial charge in [-0.3, -0.25) is 4.79 Å². The van der Waals surface area contributed by atoms with Crippen LogP contribution in [-0.4, -0.2) is 70.2 Å². The molecule has 0 saturated carbocycles. The Kier molecular flexibility index (Phi) is 3.44. The first kappa shape index (κ1) is 11.8. The highest BCUT2D eigenvalue weighted by Crippen LogP contribution is 2.23. The van der Waals surface area contributed by atoms with Gasteiger partial charge in [-0.1, -0.05) is 0 Å². The minimum atomic E-state index is -1.14. The van der Waals surface area contributed by atoms with Gasteiger partial charge in [0, 0.05) is 13.0 Å². The van der Waals surface area contributed by atoms with Crippen molar-refractivity contribution in [2.24, 2.45) is 0 Å². The predicted molar refractivity (Wildman–Crippen MR) is 53.6 cm³/mol. The summed E-state index contributed by atoms with van der Waals surface area (Å²) in [5, 5.41) is 28.5. The van der Waals surface area contributed by atoms with E-state index in [9.17, 15) is 15.0 Å². The average Bonchev–Trinajstić information content (AvgIpc) is 2.69. The molecule has 0 aromatic carbocycles. The lowest BCUT2D eigenvalue weighted by molar-refractivity contribution is -0.183. The molecule has 6 heteroatoms. The molecule has 2 heterocycles. The van der Waals surface area contributed by atoms with Crippen LogP contribution in [-0.2, 0) is 9.53 Å². The van der Waals surface area contributed by atoms with E-state index >= 15 is 0 Å². The van der Waals surface area contributed by atoms with Crippen molar-refractivity contribution < 1.29 is 24.9 Å². The highest BCUT2D eigenvalue weighted by atomic mass is 16.5. The largest absolute Gasteiger partial charge is 0.394 e. The number of rotatable bonds is 2. The molecule has 2 aliphatic heterocycles. The van der Waals surface area contributed by atoms with Crippen LogP contribution in [0.15, 0.2) is 0 Å².